The van der Waals surface area contributed by atoms with E-state index in [1.54, 1.807) is 0 Å². The van der Waals surface area contributed by atoms with Crippen LogP contribution in [0.25, 0.3) is 0 Å². The molecule has 0 amide bonds. The first-order valence-electron chi connectivity index (χ1n) is 8.58. The van der Waals surface area contributed by atoms with Crippen LogP contribution in [0.15, 0.2) is 0 Å². The number of nitrogens with one attached hydrogen (secondary N) is 1. The van der Waals surface area contributed by atoms with Gasteiger partial charge in [0.15, 0.2) is 0 Å². The number of aliphatic hydroxyl groups is 1. The van der Waals surface area contributed by atoms with Crippen LogP contribution < -0.4 is 5.32 Å². The highest BCUT2D eigenvalue weighted by atomic mass is 16.5. The minimum absolute atomic E-state index is 0.371. The summed E-state index contributed by atoms with van der Waals surface area (Å²) in [6.45, 7) is 8.69. The van der Waals surface area contributed by atoms with Gasteiger partial charge in [0.25, 0.3) is 0 Å². The molecule has 120 valence electrons. The maximum atomic E-state index is 9.96. The fourth-order valence-electron chi connectivity index (χ4n) is 2.96. The molecule has 1 aliphatic rings. The monoisotopic (exact) mass is 285 g/mol. The fraction of sp³-hybridized carbons (Fsp3) is 1.00. The maximum Gasteiger partial charge on any atom is 0.0897 e. The Bertz CT molecular complexity index is 233. The van der Waals surface area contributed by atoms with Crippen LogP contribution in [0.1, 0.15) is 65.7 Å². The highest BCUT2D eigenvalue weighted by Crippen LogP contribution is 2.22. The van der Waals surface area contributed by atoms with E-state index in [1.165, 1.54) is 38.5 Å². The first-order chi connectivity index (χ1) is 9.59. The van der Waals surface area contributed by atoms with Crippen LogP contribution in [-0.2, 0) is 4.74 Å². The van der Waals surface area contributed by atoms with Crippen LogP contribution in [0.5, 0.6) is 0 Å². The summed E-state index contributed by atoms with van der Waals surface area (Å²) >= 11 is 0. The number of hydrogen-bond acceptors (Lipinski definition) is 3. The van der Waals surface area contributed by atoms with E-state index in [1.807, 2.05) is 0 Å². The molecule has 0 heterocycles. The van der Waals surface area contributed by atoms with Crippen molar-refractivity contribution in [2.45, 2.75) is 77.9 Å². The third-order valence-corrected chi connectivity index (χ3v) is 4.36. The molecular formula is C17H35NO2. The Hall–Kier alpha value is -0.120. The second-order valence-electron chi connectivity index (χ2n) is 6.89. The van der Waals surface area contributed by atoms with Gasteiger partial charge in [0.05, 0.1) is 12.7 Å². The first kappa shape index (κ1) is 17.9. The topological polar surface area (TPSA) is 41.5 Å². The number of hydrogen-bond donors (Lipinski definition) is 2. The van der Waals surface area contributed by atoms with Crippen molar-refractivity contribution in [2.75, 3.05) is 19.8 Å². The fourth-order valence-corrected chi connectivity index (χ4v) is 2.96. The second kappa shape index (κ2) is 10.6. The quantitative estimate of drug-likeness (QED) is 0.504. The van der Waals surface area contributed by atoms with Crippen LogP contribution in [0.4, 0.5) is 0 Å². The van der Waals surface area contributed by atoms with Crippen molar-refractivity contribution < 1.29 is 9.84 Å². The number of rotatable bonds is 9. The summed E-state index contributed by atoms with van der Waals surface area (Å²) in [5, 5.41) is 13.5. The molecule has 0 aromatic carbocycles. The first-order valence-corrected chi connectivity index (χ1v) is 8.58. The van der Waals surface area contributed by atoms with E-state index in [-0.39, 0.29) is 6.10 Å². The molecule has 3 unspecified atom stereocenters. The van der Waals surface area contributed by atoms with E-state index in [0.717, 1.165) is 24.9 Å². The van der Waals surface area contributed by atoms with Crippen molar-refractivity contribution in [1.29, 1.82) is 0 Å². The Morgan fingerprint density at radius 1 is 1.20 bits per heavy atom. The summed E-state index contributed by atoms with van der Waals surface area (Å²) in [5.74, 6) is 1.47. The van der Waals surface area contributed by atoms with Gasteiger partial charge in [-0.1, -0.05) is 40.0 Å². The number of ether oxygens (including phenoxy) is 1. The third-order valence-electron chi connectivity index (χ3n) is 4.36. The zero-order valence-electron chi connectivity index (χ0n) is 13.7. The van der Waals surface area contributed by atoms with Crippen molar-refractivity contribution in [1.82, 2.24) is 5.32 Å². The van der Waals surface area contributed by atoms with Crippen LogP contribution >= 0.6 is 0 Å². The van der Waals surface area contributed by atoms with Gasteiger partial charge in [0, 0.05) is 19.2 Å². The zero-order chi connectivity index (χ0) is 14.8. The SMILES string of the molecule is CC(C)CCCOCC(O)CNC1CCCCCC1C. The van der Waals surface area contributed by atoms with E-state index < -0.39 is 0 Å². The summed E-state index contributed by atoms with van der Waals surface area (Å²) < 4.78 is 5.55. The summed E-state index contributed by atoms with van der Waals surface area (Å²) in [5.41, 5.74) is 0. The maximum absolute atomic E-state index is 9.96. The lowest BCUT2D eigenvalue weighted by Gasteiger charge is -2.24. The molecule has 0 aromatic heterocycles. The lowest BCUT2D eigenvalue weighted by molar-refractivity contribution is 0.0324. The largest absolute Gasteiger partial charge is 0.389 e. The Labute approximate surface area is 125 Å². The Balaban J connectivity index is 2.05. The molecule has 1 fully saturated rings. The Kier molecular flexibility index (Phi) is 9.49. The standard InChI is InChI=1S/C17H35NO2/c1-14(2)8-7-11-20-13-16(19)12-18-17-10-6-4-5-9-15(17)3/h14-19H,4-13H2,1-3H3. The average Bonchev–Trinajstić information content (AvgIpc) is 2.60. The summed E-state index contributed by atoms with van der Waals surface area (Å²) in [7, 11) is 0. The minimum Gasteiger partial charge on any atom is -0.389 e. The predicted octanol–water partition coefficient (Wildman–Crippen LogP) is 3.36. The van der Waals surface area contributed by atoms with Gasteiger partial charge in [-0.3, -0.25) is 0 Å². The lowest BCUT2D eigenvalue weighted by Crippen LogP contribution is -2.40. The molecule has 1 rings (SSSR count). The molecule has 0 aromatic rings. The molecule has 1 aliphatic carbocycles. The summed E-state index contributed by atoms with van der Waals surface area (Å²) in [6, 6.07) is 0.577. The van der Waals surface area contributed by atoms with Gasteiger partial charge in [-0.05, 0) is 37.5 Å². The van der Waals surface area contributed by atoms with E-state index in [0.29, 0.717) is 19.2 Å². The second-order valence-corrected chi connectivity index (χ2v) is 6.89. The number of aliphatic hydroxyl groups excluding tert-OH is 1. The van der Waals surface area contributed by atoms with E-state index in [2.05, 4.69) is 26.1 Å². The van der Waals surface area contributed by atoms with Gasteiger partial charge < -0.3 is 15.2 Å². The Morgan fingerprint density at radius 3 is 2.70 bits per heavy atom. The van der Waals surface area contributed by atoms with Crippen molar-refractivity contribution >= 4 is 0 Å². The minimum atomic E-state index is -0.371. The third kappa shape index (κ3) is 8.23. The molecular weight excluding hydrogens is 250 g/mol. The van der Waals surface area contributed by atoms with Gasteiger partial charge in [0.1, 0.15) is 0 Å². The lowest BCUT2D eigenvalue weighted by atomic mass is 9.97. The van der Waals surface area contributed by atoms with Gasteiger partial charge in [0.2, 0.25) is 0 Å². The predicted molar refractivity (Wildman–Crippen MR) is 84.9 cm³/mol. The van der Waals surface area contributed by atoms with E-state index in [4.69, 9.17) is 4.74 Å². The molecule has 0 radical (unpaired) electrons. The van der Waals surface area contributed by atoms with Crippen molar-refractivity contribution in [3.8, 4) is 0 Å². The molecule has 0 spiro atoms. The highest BCUT2D eigenvalue weighted by Gasteiger charge is 2.20. The van der Waals surface area contributed by atoms with E-state index >= 15 is 0 Å². The average molecular weight is 285 g/mol. The van der Waals surface area contributed by atoms with Crippen LogP contribution in [-0.4, -0.2) is 37.0 Å². The summed E-state index contributed by atoms with van der Waals surface area (Å²) in [6.07, 6.45) is 8.55. The molecule has 2 N–H and O–H groups in total. The highest BCUT2D eigenvalue weighted by molar-refractivity contribution is 4.77. The smallest absolute Gasteiger partial charge is 0.0897 e. The Morgan fingerprint density at radius 2 is 1.95 bits per heavy atom. The normalized spacial score (nSPS) is 25.6. The van der Waals surface area contributed by atoms with Crippen LogP contribution in [0.2, 0.25) is 0 Å². The van der Waals surface area contributed by atoms with Crippen molar-refractivity contribution in [3.63, 3.8) is 0 Å². The zero-order valence-corrected chi connectivity index (χ0v) is 13.7. The van der Waals surface area contributed by atoms with Crippen LogP contribution in [0.3, 0.4) is 0 Å². The van der Waals surface area contributed by atoms with Crippen molar-refractivity contribution in [3.05, 3.63) is 0 Å². The summed E-state index contributed by atoms with van der Waals surface area (Å²) in [4.78, 5) is 0. The van der Waals surface area contributed by atoms with E-state index in [9.17, 15) is 5.11 Å². The van der Waals surface area contributed by atoms with Gasteiger partial charge in [-0.25, -0.2) is 0 Å². The van der Waals surface area contributed by atoms with Crippen molar-refractivity contribution in [2.24, 2.45) is 11.8 Å². The molecule has 0 saturated heterocycles. The molecule has 3 heteroatoms. The molecule has 0 aliphatic heterocycles. The molecule has 3 nitrogen and oxygen atoms in total. The molecule has 20 heavy (non-hydrogen) atoms. The van der Waals surface area contributed by atoms with Gasteiger partial charge >= 0.3 is 0 Å². The molecule has 1 saturated carbocycles. The van der Waals surface area contributed by atoms with Crippen LogP contribution in [0, 0.1) is 11.8 Å². The van der Waals surface area contributed by atoms with Gasteiger partial charge in [-0.15, -0.1) is 0 Å². The molecule has 0 bridgehead atoms. The van der Waals surface area contributed by atoms with Gasteiger partial charge in [-0.2, -0.15) is 0 Å². The molecule has 3 atom stereocenters.